The van der Waals surface area contributed by atoms with Crippen molar-refractivity contribution in [3.63, 3.8) is 0 Å². The van der Waals surface area contributed by atoms with E-state index in [0.717, 1.165) is 0 Å². The Morgan fingerprint density at radius 3 is 2.83 bits per heavy atom. The first-order valence-corrected chi connectivity index (χ1v) is 4.39. The minimum absolute atomic E-state index is 0.364. The molecule has 0 atom stereocenters. The molecule has 1 nitrogen and oxygen atoms in total. The average molecular weight is 229 g/mol. The van der Waals surface area contributed by atoms with E-state index in [1.807, 2.05) is 0 Å². The molecule has 3 heteroatoms. The summed E-state index contributed by atoms with van der Waals surface area (Å²) in [5.41, 5.74) is 0.605. The maximum atomic E-state index is 12.5. The fourth-order valence-electron chi connectivity index (χ4n) is 0.726. The van der Waals surface area contributed by atoms with E-state index in [0.29, 0.717) is 10.9 Å². The van der Waals surface area contributed by atoms with Gasteiger partial charge in [-0.25, -0.2) is 4.39 Å². The summed E-state index contributed by atoms with van der Waals surface area (Å²) in [6.07, 6.45) is 0. The molecule has 1 N–H and O–H groups in total. The first-order valence-electron chi connectivity index (χ1n) is 3.27. The van der Waals surface area contributed by atoms with Crippen molar-refractivity contribution in [3.05, 3.63) is 29.6 Å². The van der Waals surface area contributed by atoms with E-state index in [9.17, 15) is 4.39 Å². The molecule has 0 fully saturated rings. The molecule has 0 unspecified atom stereocenters. The summed E-state index contributed by atoms with van der Waals surface area (Å²) < 4.78 is 12.5. The van der Waals surface area contributed by atoms with Crippen LogP contribution >= 0.6 is 15.9 Å². The quantitative estimate of drug-likeness (QED) is 0.534. The number of phenols is 1. The molecule has 0 aromatic heterocycles. The van der Waals surface area contributed by atoms with E-state index in [1.165, 1.54) is 18.2 Å². The third kappa shape index (κ3) is 2.24. The normalized spacial score (nSPS) is 8.83. The smallest absolute Gasteiger partial charge is 0.164 e. The van der Waals surface area contributed by atoms with Crippen LogP contribution in [0.2, 0.25) is 0 Å². The summed E-state index contributed by atoms with van der Waals surface area (Å²) in [6, 6.07) is 4.00. The first-order chi connectivity index (χ1) is 5.74. The molecule has 0 saturated heterocycles. The van der Waals surface area contributed by atoms with Crippen LogP contribution in [-0.2, 0) is 0 Å². The molecule has 1 aromatic carbocycles. The second-order valence-corrected chi connectivity index (χ2v) is 2.66. The van der Waals surface area contributed by atoms with E-state index < -0.39 is 5.82 Å². The topological polar surface area (TPSA) is 20.2 Å². The van der Waals surface area contributed by atoms with Crippen molar-refractivity contribution < 1.29 is 9.50 Å². The number of alkyl halides is 1. The van der Waals surface area contributed by atoms with Crippen molar-refractivity contribution in [1.82, 2.24) is 0 Å². The zero-order valence-electron chi connectivity index (χ0n) is 6.14. The summed E-state index contributed by atoms with van der Waals surface area (Å²) >= 11 is 3.13. The maximum absolute atomic E-state index is 12.5. The van der Waals surface area contributed by atoms with Gasteiger partial charge in [-0.1, -0.05) is 27.8 Å². The molecule has 0 bridgehead atoms. The third-order valence-corrected chi connectivity index (χ3v) is 1.53. The Hall–Kier alpha value is -1.01. The molecular formula is C9H6BrFO. The maximum Gasteiger partial charge on any atom is 0.164 e. The zero-order valence-corrected chi connectivity index (χ0v) is 7.73. The predicted octanol–water partition coefficient (Wildman–Crippen LogP) is 2.28. The molecule has 0 saturated carbocycles. The molecular weight excluding hydrogens is 223 g/mol. The highest BCUT2D eigenvalue weighted by molar-refractivity contribution is 9.09. The Kier molecular flexibility index (Phi) is 3.12. The van der Waals surface area contributed by atoms with Gasteiger partial charge in [0.2, 0.25) is 0 Å². The predicted molar refractivity (Wildman–Crippen MR) is 48.7 cm³/mol. The molecule has 0 amide bonds. The highest BCUT2D eigenvalue weighted by Gasteiger charge is 1.98. The van der Waals surface area contributed by atoms with Gasteiger partial charge in [0.15, 0.2) is 11.6 Å². The number of hydrogen-bond acceptors (Lipinski definition) is 1. The molecule has 0 aliphatic carbocycles. The Balaban J connectivity index is 2.97. The number of halogens is 2. The van der Waals surface area contributed by atoms with Gasteiger partial charge in [0.1, 0.15) is 0 Å². The van der Waals surface area contributed by atoms with Crippen LogP contribution in [0.3, 0.4) is 0 Å². The number of phenolic OH excluding ortho intramolecular Hbond substituents is 1. The zero-order chi connectivity index (χ0) is 8.97. The standard InChI is InChI=1S/C9H6BrFO/c10-5-1-2-7-3-4-8(11)9(12)6-7/h3-4,6,12H,5H2. The highest BCUT2D eigenvalue weighted by atomic mass is 79.9. The molecule has 12 heavy (non-hydrogen) atoms. The van der Waals surface area contributed by atoms with Crippen LogP contribution < -0.4 is 0 Å². The lowest BCUT2D eigenvalue weighted by molar-refractivity contribution is 0.432. The summed E-state index contributed by atoms with van der Waals surface area (Å²) in [5, 5.41) is 9.51. The van der Waals surface area contributed by atoms with Crippen molar-refractivity contribution in [3.8, 4) is 17.6 Å². The van der Waals surface area contributed by atoms with Gasteiger partial charge in [-0.15, -0.1) is 0 Å². The van der Waals surface area contributed by atoms with Crippen molar-refractivity contribution in [1.29, 1.82) is 0 Å². The molecule has 0 spiro atoms. The summed E-state index contributed by atoms with van der Waals surface area (Å²) in [5.74, 6) is 4.49. The number of hydrogen-bond donors (Lipinski definition) is 1. The number of benzene rings is 1. The lowest BCUT2D eigenvalue weighted by atomic mass is 10.2. The second-order valence-electron chi connectivity index (χ2n) is 2.10. The van der Waals surface area contributed by atoms with E-state index in [4.69, 9.17) is 5.11 Å². The van der Waals surface area contributed by atoms with Gasteiger partial charge in [0.05, 0.1) is 5.33 Å². The molecule has 0 aliphatic rings. The fourth-order valence-corrected chi connectivity index (χ4v) is 0.866. The van der Waals surface area contributed by atoms with Gasteiger partial charge in [0, 0.05) is 5.56 Å². The molecule has 0 aliphatic heterocycles. The molecule has 1 rings (SSSR count). The van der Waals surface area contributed by atoms with Gasteiger partial charge in [-0.05, 0) is 18.2 Å². The van der Waals surface area contributed by atoms with Gasteiger partial charge in [0.25, 0.3) is 0 Å². The van der Waals surface area contributed by atoms with Gasteiger partial charge in [-0.2, -0.15) is 0 Å². The van der Waals surface area contributed by atoms with Gasteiger partial charge in [-0.3, -0.25) is 0 Å². The first kappa shape index (κ1) is 9.08. The summed E-state index contributed by atoms with van der Waals surface area (Å²) in [7, 11) is 0. The minimum Gasteiger partial charge on any atom is -0.505 e. The Labute approximate surface area is 78.4 Å². The van der Waals surface area contributed by atoms with Gasteiger partial charge < -0.3 is 5.11 Å². The summed E-state index contributed by atoms with van der Waals surface area (Å²) in [6.45, 7) is 0. The average Bonchev–Trinajstić information content (AvgIpc) is 2.07. The van der Waals surface area contributed by atoms with E-state index >= 15 is 0 Å². The van der Waals surface area contributed by atoms with E-state index in [2.05, 4.69) is 27.8 Å². The Bertz CT molecular complexity index is 338. The molecule has 0 radical (unpaired) electrons. The number of rotatable bonds is 0. The fraction of sp³-hybridized carbons (Fsp3) is 0.111. The SMILES string of the molecule is Oc1cc(C#CCBr)ccc1F. The minimum atomic E-state index is -0.626. The largest absolute Gasteiger partial charge is 0.505 e. The van der Waals surface area contributed by atoms with Crippen LogP contribution in [0.4, 0.5) is 4.39 Å². The van der Waals surface area contributed by atoms with Crippen molar-refractivity contribution >= 4 is 15.9 Å². The molecule has 1 aromatic rings. The van der Waals surface area contributed by atoms with Crippen LogP contribution in [0.15, 0.2) is 18.2 Å². The lowest BCUT2D eigenvalue weighted by Crippen LogP contribution is -1.78. The lowest BCUT2D eigenvalue weighted by Gasteiger charge is -1.94. The van der Waals surface area contributed by atoms with Gasteiger partial charge >= 0.3 is 0 Å². The monoisotopic (exact) mass is 228 g/mol. The molecule has 0 heterocycles. The van der Waals surface area contributed by atoms with Crippen LogP contribution in [0.1, 0.15) is 5.56 Å². The van der Waals surface area contributed by atoms with Crippen molar-refractivity contribution in [2.75, 3.05) is 5.33 Å². The summed E-state index contributed by atoms with van der Waals surface area (Å²) in [4.78, 5) is 0. The van der Waals surface area contributed by atoms with Crippen LogP contribution in [0.5, 0.6) is 5.75 Å². The third-order valence-electron chi connectivity index (χ3n) is 1.25. The van der Waals surface area contributed by atoms with E-state index in [-0.39, 0.29) is 5.75 Å². The van der Waals surface area contributed by atoms with Crippen LogP contribution in [0, 0.1) is 17.7 Å². The second kappa shape index (κ2) is 4.13. The van der Waals surface area contributed by atoms with Crippen LogP contribution in [0.25, 0.3) is 0 Å². The number of aromatic hydroxyl groups is 1. The molecule has 62 valence electrons. The van der Waals surface area contributed by atoms with Crippen molar-refractivity contribution in [2.45, 2.75) is 0 Å². The highest BCUT2D eigenvalue weighted by Crippen LogP contribution is 2.15. The van der Waals surface area contributed by atoms with Crippen LogP contribution in [-0.4, -0.2) is 10.4 Å². The van der Waals surface area contributed by atoms with Crippen molar-refractivity contribution in [2.24, 2.45) is 0 Å². The Morgan fingerprint density at radius 1 is 1.50 bits per heavy atom. The van der Waals surface area contributed by atoms with E-state index in [1.54, 1.807) is 0 Å². The Morgan fingerprint density at radius 2 is 2.25 bits per heavy atom.